The summed E-state index contributed by atoms with van der Waals surface area (Å²) in [5, 5.41) is 6.64. The third-order valence-electron chi connectivity index (χ3n) is 5.81. The Bertz CT molecular complexity index is 1130. The fourth-order valence-corrected chi connectivity index (χ4v) is 5.72. The average molecular weight is 472 g/mol. The van der Waals surface area contributed by atoms with E-state index in [9.17, 15) is 14.0 Å². The van der Waals surface area contributed by atoms with Gasteiger partial charge in [-0.25, -0.2) is 14.4 Å². The number of benzene rings is 1. The molecule has 5 rings (SSSR count). The van der Waals surface area contributed by atoms with Crippen LogP contribution >= 0.6 is 22.7 Å². The van der Waals surface area contributed by atoms with Crippen LogP contribution in [0.25, 0.3) is 10.6 Å². The van der Waals surface area contributed by atoms with Crippen molar-refractivity contribution in [2.45, 2.75) is 25.4 Å². The number of likely N-dealkylation sites (tertiary alicyclic amines) is 2. The molecule has 0 radical (unpaired) electrons. The molecule has 2 aliphatic rings. The minimum atomic E-state index is -0.296. The number of carbonyl (C=O) groups excluding carboxylic acids is 2. The van der Waals surface area contributed by atoms with Crippen molar-refractivity contribution < 1.29 is 14.0 Å². The number of aryl methyl sites for hydroxylation is 1. The lowest BCUT2D eigenvalue weighted by Crippen LogP contribution is -2.62. The lowest BCUT2D eigenvalue weighted by molar-refractivity contribution is 0.0556. The first kappa shape index (κ1) is 21.2. The Morgan fingerprint density at radius 3 is 2.56 bits per heavy atom. The largest absolute Gasteiger partial charge is 0.335 e. The number of hydrogen-bond acceptors (Lipinski definition) is 7. The highest BCUT2D eigenvalue weighted by Crippen LogP contribution is 2.30. The third-order valence-corrected chi connectivity index (χ3v) is 7.77. The van der Waals surface area contributed by atoms with Crippen LogP contribution in [0.4, 0.5) is 4.39 Å². The topological polar surface area (TPSA) is 78.4 Å². The molecule has 0 unspecified atom stereocenters. The van der Waals surface area contributed by atoms with Gasteiger partial charge in [0.1, 0.15) is 15.7 Å². The molecule has 2 amide bonds. The van der Waals surface area contributed by atoms with Crippen LogP contribution in [0.5, 0.6) is 0 Å². The van der Waals surface area contributed by atoms with Crippen molar-refractivity contribution in [2.24, 2.45) is 0 Å². The van der Waals surface area contributed by atoms with E-state index in [1.165, 1.54) is 34.8 Å². The van der Waals surface area contributed by atoms with Gasteiger partial charge in [0, 0.05) is 55.4 Å². The Balaban J connectivity index is 1.14. The minimum absolute atomic E-state index is 0.00709. The molecule has 1 atom stereocenters. The second-order valence-electron chi connectivity index (χ2n) is 8.09. The second-order valence-corrected chi connectivity index (χ2v) is 9.98. The van der Waals surface area contributed by atoms with E-state index in [0.29, 0.717) is 35.2 Å². The molecule has 0 spiro atoms. The molecule has 1 aromatic carbocycles. The van der Waals surface area contributed by atoms with Crippen LogP contribution in [-0.2, 0) is 0 Å². The summed E-state index contributed by atoms with van der Waals surface area (Å²) in [6.07, 6.45) is 2.55. The van der Waals surface area contributed by atoms with Crippen molar-refractivity contribution in [2.75, 3.05) is 26.2 Å². The quantitative estimate of drug-likeness (QED) is 0.619. The second kappa shape index (κ2) is 8.68. The molecule has 3 aromatic rings. The standard InChI is InChI=1S/C22H22FN5O2S2/c1-13-18(32-19(25-13)14-2-4-15(23)5-3-14)21(29)28-11-17(12-28)26-16-6-8-27(10-16)22(30)20-24-7-9-31-20/h2-5,7,9,16-17,26H,6,8,10-12H2,1H3/t16-/m0/s1. The first-order valence-electron chi connectivity index (χ1n) is 10.5. The fraction of sp³-hybridized carbons (Fsp3) is 0.364. The van der Waals surface area contributed by atoms with Crippen LogP contribution in [-0.4, -0.2) is 69.8 Å². The molecule has 2 fully saturated rings. The predicted molar refractivity (Wildman–Crippen MR) is 121 cm³/mol. The maximum absolute atomic E-state index is 13.2. The zero-order valence-corrected chi connectivity index (χ0v) is 19.1. The van der Waals surface area contributed by atoms with E-state index in [4.69, 9.17) is 0 Å². The molecule has 0 bridgehead atoms. The van der Waals surface area contributed by atoms with Crippen molar-refractivity contribution in [3.63, 3.8) is 0 Å². The first-order valence-corrected chi connectivity index (χ1v) is 12.1. The Morgan fingerprint density at radius 1 is 1.09 bits per heavy atom. The van der Waals surface area contributed by atoms with E-state index in [-0.39, 0.29) is 29.7 Å². The molecule has 4 heterocycles. The molecular weight excluding hydrogens is 449 g/mol. The molecule has 7 nitrogen and oxygen atoms in total. The number of amides is 2. The van der Waals surface area contributed by atoms with Gasteiger partial charge in [-0.15, -0.1) is 22.7 Å². The Hall–Kier alpha value is -2.69. The highest BCUT2D eigenvalue weighted by Gasteiger charge is 2.36. The average Bonchev–Trinajstić information content (AvgIpc) is 3.51. The molecule has 10 heteroatoms. The van der Waals surface area contributed by atoms with Crippen LogP contribution in [0.15, 0.2) is 35.8 Å². The van der Waals surface area contributed by atoms with Crippen molar-refractivity contribution in [3.05, 3.63) is 57.2 Å². The van der Waals surface area contributed by atoms with E-state index in [1.54, 1.807) is 18.3 Å². The third kappa shape index (κ3) is 4.17. The fourth-order valence-electron chi connectivity index (χ4n) is 4.08. The zero-order valence-electron chi connectivity index (χ0n) is 17.5. The molecule has 32 heavy (non-hydrogen) atoms. The molecule has 0 saturated carbocycles. The van der Waals surface area contributed by atoms with Crippen LogP contribution in [0.2, 0.25) is 0 Å². The predicted octanol–water partition coefficient (Wildman–Crippen LogP) is 3.04. The van der Waals surface area contributed by atoms with Crippen LogP contribution in [0.3, 0.4) is 0 Å². The molecule has 2 aliphatic heterocycles. The van der Waals surface area contributed by atoms with Crippen molar-refractivity contribution in [1.29, 1.82) is 0 Å². The monoisotopic (exact) mass is 471 g/mol. The van der Waals surface area contributed by atoms with Gasteiger partial charge in [0.15, 0.2) is 5.01 Å². The van der Waals surface area contributed by atoms with Gasteiger partial charge in [-0.05, 0) is 37.6 Å². The summed E-state index contributed by atoms with van der Waals surface area (Å²) >= 11 is 2.71. The van der Waals surface area contributed by atoms with Crippen LogP contribution in [0, 0.1) is 12.7 Å². The maximum atomic E-state index is 13.2. The molecule has 2 aromatic heterocycles. The molecule has 0 aliphatic carbocycles. The van der Waals surface area contributed by atoms with E-state index in [2.05, 4.69) is 15.3 Å². The van der Waals surface area contributed by atoms with Gasteiger partial charge in [-0.1, -0.05) is 0 Å². The summed E-state index contributed by atoms with van der Waals surface area (Å²) in [4.78, 5) is 38.3. The van der Waals surface area contributed by atoms with Gasteiger partial charge < -0.3 is 15.1 Å². The summed E-state index contributed by atoms with van der Waals surface area (Å²) in [7, 11) is 0. The highest BCUT2D eigenvalue weighted by molar-refractivity contribution is 7.17. The maximum Gasteiger partial charge on any atom is 0.282 e. The number of carbonyl (C=O) groups is 2. The Labute approximate surface area is 192 Å². The number of thiazole rings is 2. The molecular formula is C22H22FN5O2S2. The van der Waals surface area contributed by atoms with E-state index >= 15 is 0 Å². The molecule has 2 saturated heterocycles. The number of nitrogens with zero attached hydrogens (tertiary/aromatic N) is 4. The van der Waals surface area contributed by atoms with E-state index in [0.717, 1.165) is 23.5 Å². The minimum Gasteiger partial charge on any atom is -0.335 e. The van der Waals surface area contributed by atoms with Gasteiger partial charge in [-0.3, -0.25) is 9.59 Å². The van der Waals surface area contributed by atoms with Crippen LogP contribution in [0.1, 0.15) is 31.6 Å². The number of nitrogens with one attached hydrogen (secondary N) is 1. The first-order chi connectivity index (χ1) is 15.5. The van der Waals surface area contributed by atoms with Gasteiger partial charge in [0.05, 0.1) is 5.69 Å². The zero-order chi connectivity index (χ0) is 22.2. The smallest absolute Gasteiger partial charge is 0.282 e. The van der Waals surface area contributed by atoms with Crippen LogP contribution < -0.4 is 5.32 Å². The number of halogens is 1. The summed E-state index contributed by atoms with van der Waals surface area (Å²) in [6, 6.07) is 6.60. The van der Waals surface area contributed by atoms with Crippen molar-refractivity contribution >= 4 is 34.5 Å². The van der Waals surface area contributed by atoms with Gasteiger partial charge in [0.2, 0.25) is 0 Å². The Kier molecular flexibility index (Phi) is 5.75. The summed E-state index contributed by atoms with van der Waals surface area (Å²) < 4.78 is 13.2. The summed E-state index contributed by atoms with van der Waals surface area (Å²) in [5.74, 6) is -0.318. The summed E-state index contributed by atoms with van der Waals surface area (Å²) in [5.41, 5.74) is 1.50. The number of hydrogen-bond donors (Lipinski definition) is 1. The van der Waals surface area contributed by atoms with Gasteiger partial charge in [-0.2, -0.15) is 0 Å². The van der Waals surface area contributed by atoms with Gasteiger partial charge >= 0.3 is 0 Å². The van der Waals surface area contributed by atoms with Crippen molar-refractivity contribution in [3.8, 4) is 10.6 Å². The highest BCUT2D eigenvalue weighted by atomic mass is 32.1. The summed E-state index contributed by atoms with van der Waals surface area (Å²) in [6.45, 7) is 4.49. The molecule has 1 N–H and O–H groups in total. The van der Waals surface area contributed by atoms with Crippen molar-refractivity contribution in [1.82, 2.24) is 25.1 Å². The normalized spacial score (nSPS) is 18.8. The SMILES string of the molecule is Cc1nc(-c2ccc(F)cc2)sc1C(=O)N1CC(N[C@H]2CCN(C(=O)c3nccs3)C2)C1. The van der Waals surface area contributed by atoms with E-state index in [1.807, 2.05) is 22.1 Å². The Morgan fingerprint density at radius 2 is 1.84 bits per heavy atom. The lowest BCUT2D eigenvalue weighted by atomic mass is 10.1. The lowest BCUT2D eigenvalue weighted by Gasteiger charge is -2.41. The van der Waals surface area contributed by atoms with Gasteiger partial charge in [0.25, 0.3) is 11.8 Å². The number of aromatic nitrogens is 2. The van der Waals surface area contributed by atoms with E-state index < -0.39 is 0 Å². The number of rotatable bonds is 5. The molecule has 166 valence electrons.